The van der Waals surface area contributed by atoms with Crippen molar-refractivity contribution in [1.82, 2.24) is 4.98 Å². The number of hydrogen-bond donors (Lipinski definition) is 2. The Morgan fingerprint density at radius 1 is 1.33 bits per heavy atom. The van der Waals surface area contributed by atoms with Gasteiger partial charge in [-0.3, -0.25) is 0 Å². The quantitative estimate of drug-likeness (QED) is 0.848. The van der Waals surface area contributed by atoms with Crippen LogP contribution in [0.1, 0.15) is 35.7 Å². The van der Waals surface area contributed by atoms with Gasteiger partial charge in [-0.2, -0.15) is 0 Å². The molecule has 0 bridgehead atoms. The summed E-state index contributed by atoms with van der Waals surface area (Å²) >= 11 is 0. The summed E-state index contributed by atoms with van der Waals surface area (Å²) in [4.78, 5) is 15.1. The molecule has 1 heterocycles. The van der Waals surface area contributed by atoms with Gasteiger partial charge in [-0.15, -0.1) is 0 Å². The molecular formula is C16H18N2O3. The molecule has 0 spiro atoms. The highest BCUT2D eigenvalue weighted by atomic mass is 16.5. The number of aromatic nitrogens is 1. The summed E-state index contributed by atoms with van der Waals surface area (Å²) in [6.45, 7) is 2.15. The second-order valence-electron chi connectivity index (χ2n) is 4.78. The first kappa shape index (κ1) is 14.8. The van der Waals surface area contributed by atoms with Crippen molar-refractivity contribution in [2.45, 2.75) is 26.2 Å². The summed E-state index contributed by atoms with van der Waals surface area (Å²) in [7, 11) is 0. The van der Waals surface area contributed by atoms with Crippen molar-refractivity contribution < 1.29 is 14.6 Å². The molecule has 5 heteroatoms. The van der Waals surface area contributed by atoms with Crippen LogP contribution in [0.25, 0.3) is 0 Å². The van der Waals surface area contributed by atoms with E-state index in [1.54, 1.807) is 0 Å². The summed E-state index contributed by atoms with van der Waals surface area (Å²) in [5.41, 5.74) is 7.01. The van der Waals surface area contributed by atoms with Gasteiger partial charge in [0.1, 0.15) is 11.3 Å². The topological polar surface area (TPSA) is 85.4 Å². The summed E-state index contributed by atoms with van der Waals surface area (Å²) in [5.74, 6) is -0.530. The zero-order valence-corrected chi connectivity index (χ0v) is 11.9. The highest BCUT2D eigenvalue weighted by Crippen LogP contribution is 2.25. The average Bonchev–Trinajstić information content (AvgIpc) is 2.48. The Bertz CT molecular complexity index is 624. The molecule has 2 aromatic rings. The molecule has 3 N–H and O–H groups in total. The van der Waals surface area contributed by atoms with E-state index in [2.05, 4.69) is 11.9 Å². The summed E-state index contributed by atoms with van der Waals surface area (Å²) in [6, 6.07) is 8.91. The van der Waals surface area contributed by atoms with E-state index in [0.717, 1.165) is 19.3 Å². The molecule has 0 aliphatic carbocycles. The molecule has 0 saturated carbocycles. The van der Waals surface area contributed by atoms with E-state index < -0.39 is 5.97 Å². The highest BCUT2D eigenvalue weighted by Gasteiger charge is 2.14. The number of ether oxygens (including phenoxy) is 1. The number of nitrogens with two attached hydrogens (primary N) is 1. The fraction of sp³-hybridized carbons (Fsp3) is 0.250. The van der Waals surface area contributed by atoms with Crippen LogP contribution < -0.4 is 10.5 Å². The van der Waals surface area contributed by atoms with Gasteiger partial charge < -0.3 is 15.6 Å². The molecule has 0 radical (unpaired) electrons. The number of nitrogens with zero attached hydrogens (tertiary/aromatic N) is 1. The Morgan fingerprint density at radius 2 is 2.05 bits per heavy atom. The Balaban J connectivity index is 2.16. The summed E-state index contributed by atoms with van der Waals surface area (Å²) in [6.07, 6.45) is 4.69. The number of nitrogen functional groups attached to an aromatic ring is 1. The molecule has 0 fully saturated rings. The van der Waals surface area contributed by atoms with Crippen molar-refractivity contribution in [2.75, 3.05) is 5.73 Å². The normalized spacial score (nSPS) is 10.3. The van der Waals surface area contributed by atoms with Crippen molar-refractivity contribution in [2.24, 2.45) is 0 Å². The molecule has 0 aliphatic heterocycles. The van der Waals surface area contributed by atoms with E-state index in [4.69, 9.17) is 15.6 Å². The van der Waals surface area contributed by atoms with Gasteiger partial charge in [0, 0.05) is 0 Å². The van der Waals surface area contributed by atoms with Gasteiger partial charge in [0.2, 0.25) is 5.88 Å². The maximum atomic E-state index is 11.2. The van der Waals surface area contributed by atoms with Crippen LogP contribution in [0.15, 0.2) is 36.5 Å². The number of aryl methyl sites for hydroxylation is 1. The van der Waals surface area contributed by atoms with Crippen LogP contribution in [0, 0.1) is 0 Å². The minimum Gasteiger partial charge on any atom is -0.477 e. The number of rotatable bonds is 6. The predicted molar refractivity (Wildman–Crippen MR) is 80.7 cm³/mol. The van der Waals surface area contributed by atoms with Gasteiger partial charge in [0.05, 0.1) is 11.9 Å². The van der Waals surface area contributed by atoms with Crippen LogP contribution in [0.4, 0.5) is 5.69 Å². The third-order valence-corrected chi connectivity index (χ3v) is 3.06. The van der Waals surface area contributed by atoms with Crippen molar-refractivity contribution in [1.29, 1.82) is 0 Å². The van der Waals surface area contributed by atoms with Crippen molar-refractivity contribution in [3.63, 3.8) is 0 Å². The molecule has 2 rings (SSSR count). The fourth-order valence-corrected chi connectivity index (χ4v) is 1.92. The van der Waals surface area contributed by atoms with Gasteiger partial charge >= 0.3 is 5.97 Å². The van der Waals surface area contributed by atoms with Gasteiger partial charge in [-0.05, 0) is 36.6 Å². The number of pyridine rings is 1. The molecule has 0 amide bonds. The van der Waals surface area contributed by atoms with E-state index >= 15 is 0 Å². The van der Waals surface area contributed by atoms with Crippen molar-refractivity contribution >= 4 is 11.7 Å². The van der Waals surface area contributed by atoms with Gasteiger partial charge in [0.25, 0.3) is 0 Å². The number of hydrogen-bond acceptors (Lipinski definition) is 4. The lowest BCUT2D eigenvalue weighted by Gasteiger charge is -2.09. The number of carboxylic acid groups (broad SMARTS) is 1. The van der Waals surface area contributed by atoms with E-state index in [9.17, 15) is 4.79 Å². The van der Waals surface area contributed by atoms with Crippen LogP contribution in [-0.4, -0.2) is 16.1 Å². The number of anilines is 1. The first-order chi connectivity index (χ1) is 10.1. The van der Waals surface area contributed by atoms with Crippen LogP contribution in [0.2, 0.25) is 0 Å². The van der Waals surface area contributed by atoms with Crippen molar-refractivity contribution in [3.8, 4) is 11.6 Å². The fourth-order valence-electron chi connectivity index (χ4n) is 1.92. The molecule has 0 saturated heterocycles. The molecule has 1 aromatic heterocycles. The predicted octanol–water partition coefficient (Wildman–Crippen LogP) is 3.50. The Hall–Kier alpha value is -2.56. The molecule has 1 aromatic carbocycles. The number of carboxylic acids is 1. The lowest BCUT2D eigenvalue weighted by molar-refractivity contribution is 0.0693. The number of unbranched alkanes of at least 4 members (excludes halogenated alkanes) is 1. The molecule has 5 nitrogen and oxygen atoms in total. The summed E-state index contributed by atoms with van der Waals surface area (Å²) < 4.78 is 5.54. The minimum atomic E-state index is -1.12. The van der Waals surface area contributed by atoms with Gasteiger partial charge in [0.15, 0.2) is 0 Å². The molecule has 0 aliphatic rings. The Labute approximate surface area is 123 Å². The third-order valence-electron chi connectivity index (χ3n) is 3.06. The largest absolute Gasteiger partial charge is 0.477 e. The molecule has 0 atom stereocenters. The van der Waals surface area contributed by atoms with Gasteiger partial charge in [-0.1, -0.05) is 25.5 Å². The Morgan fingerprint density at radius 3 is 2.67 bits per heavy atom. The third kappa shape index (κ3) is 3.95. The van der Waals surface area contributed by atoms with E-state index in [0.29, 0.717) is 5.75 Å². The first-order valence-electron chi connectivity index (χ1n) is 6.85. The maximum absolute atomic E-state index is 11.2. The minimum absolute atomic E-state index is 0.0398. The Kier molecular flexibility index (Phi) is 4.77. The first-order valence-corrected chi connectivity index (χ1v) is 6.85. The van der Waals surface area contributed by atoms with Crippen LogP contribution in [0.5, 0.6) is 11.6 Å². The zero-order valence-electron chi connectivity index (χ0n) is 11.9. The molecule has 21 heavy (non-hydrogen) atoms. The van der Waals surface area contributed by atoms with Crippen LogP contribution >= 0.6 is 0 Å². The number of aromatic carboxylic acids is 1. The number of benzene rings is 1. The smallest absolute Gasteiger partial charge is 0.341 e. The standard InChI is InChI=1S/C16H18N2O3/c1-2-3-4-11-5-7-13(8-6-11)21-15-14(16(19)20)9-12(17)10-18-15/h5-10H,2-4,17H2,1H3,(H,19,20). The molecule has 110 valence electrons. The number of carbonyl (C=O) groups is 1. The monoisotopic (exact) mass is 286 g/mol. The van der Waals surface area contributed by atoms with Crippen LogP contribution in [-0.2, 0) is 6.42 Å². The molecular weight excluding hydrogens is 268 g/mol. The average molecular weight is 286 g/mol. The highest BCUT2D eigenvalue weighted by molar-refractivity contribution is 5.91. The lowest BCUT2D eigenvalue weighted by Crippen LogP contribution is -2.03. The zero-order chi connectivity index (χ0) is 15.2. The van der Waals surface area contributed by atoms with E-state index in [-0.39, 0.29) is 17.1 Å². The van der Waals surface area contributed by atoms with E-state index in [1.165, 1.54) is 17.8 Å². The SMILES string of the molecule is CCCCc1ccc(Oc2ncc(N)cc2C(=O)O)cc1. The second-order valence-corrected chi connectivity index (χ2v) is 4.78. The van der Waals surface area contributed by atoms with Gasteiger partial charge in [-0.25, -0.2) is 9.78 Å². The van der Waals surface area contributed by atoms with E-state index in [1.807, 2.05) is 24.3 Å². The summed E-state index contributed by atoms with van der Waals surface area (Å²) in [5, 5.41) is 9.13. The molecule has 0 unspecified atom stereocenters. The van der Waals surface area contributed by atoms with Crippen molar-refractivity contribution in [3.05, 3.63) is 47.7 Å². The maximum Gasteiger partial charge on any atom is 0.341 e. The second kappa shape index (κ2) is 6.74. The lowest BCUT2D eigenvalue weighted by atomic mass is 10.1. The van der Waals surface area contributed by atoms with Crippen LogP contribution in [0.3, 0.4) is 0 Å².